The molecule has 0 bridgehead atoms. The summed E-state index contributed by atoms with van der Waals surface area (Å²) in [5.41, 5.74) is 1.25. The van der Waals surface area contributed by atoms with E-state index < -0.39 is 4.92 Å². The van der Waals surface area contributed by atoms with Gasteiger partial charge in [-0.15, -0.1) is 0 Å². The molecule has 1 fully saturated rings. The standard InChI is InChI=1S/C19H20BrN3O5/c1-2-28-18-6-3-13(11-15(18)20)19(24)21-14-4-5-16(17(12-14)23(25)26)22-7-9-27-10-8-22/h3-6,11-12H,2,7-10H2,1H3,(H,21,24). The highest BCUT2D eigenvalue weighted by Gasteiger charge is 2.22. The van der Waals surface area contributed by atoms with Crippen LogP contribution in [0, 0.1) is 10.1 Å². The number of anilines is 2. The molecule has 2 aromatic rings. The summed E-state index contributed by atoms with van der Waals surface area (Å²) in [6, 6.07) is 9.70. The van der Waals surface area contributed by atoms with E-state index in [1.54, 1.807) is 30.3 Å². The Morgan fingerprint density at radius 3 is 2.68 bits per heavy atom. The molecule has 1 heterocycles. The number of carbonyl (C=O) groups is 1. The average Bonchev–Trinajstić information content (AvgIpc) is 2.70. The summed E-state index contributed by atoms with van der Waals surface area (Å²) in [5.74, 6) is 0.279. The third-order valence-electron chi connectivity index (χ3n) is 4.28. The number of nitro benzene ring substituents is 1. The van der Waals surface area contributed by atoms with Crippen molar-refractivity contribution in [1.82, 2.24) is 0 Å². The van der Waals surface area contributed by atoms with E-state index in [0.29, 0.717) is 60.1 Å². The molecule has 1 aliphatic heterocycles. The Hall–Kier alpha value is -2.65. The van der Waals surface area contributed by atoms with Crippen LogP contribution in [-0.4, -0.2) is 43.7 Å². The van der Waals surface area contributed by atoms with E-state index in [0.717, 1.165) is 0 Å². The maximum absolute atomic E-state index is 12.5. The highest BCUT2D eigenvalue weighted by molar-refractivity contribution is 9.10. The van der Waals surface area contributed by atoms with Gasteiger partial charge >= 0.3 is 0 Å². The molecule has 1 amide bonds. The van der Waals surface area contributed by atoms with Gasteiger partial charge in [-0.25, -0.2) is 0 Å². The first-order chi connectivity index (χ1) is 13.5. The van der Waals surface area contributed by atoms with Gasteiger partial charge in [0, 0.05) is 30.4 Å². The van der Waals surface area contributed by atoms with Crippen LogP contribution in [0.1, 0.15) is 17.3 Å². The van der Waals surface area contributed by atoms with E-state index in [2.05, 4.69) is 21.2 Å². The van der Waals surface area contributed by atoms with Crippen molar-refractivity contribution in [2.75, 3.05) is 43.1 Å². The molecule has 3 rings (SSSR count). The number of benzene rings is 2. The van der Waals surface area contributed by atoms with Crippen LogP contribution in [0.5, 0.6) is 5.75 Å². The summed E-state index contributed by atoms with van der Waals surface area (Å²) in [4.78, 5) is 25.5. The number of amides is 1. The number of morpholine rings is 1. The summed E-state index contributed by atoms with van der Waals surface area (Å²) in [7, 11) is 0. The van der Waals surface area contributed by atoms with Crippen LogP contribution in [0.15, 0.2) is 40.9 Å². The first kappa shape index (κ1) is 20.1. The van der Waals surface area contributed by atoms with Gasteiger partial charge in [0.25, 0.3) is 11.6 Å². The number of ether oxygens (including phenoxy) is 2. The second kappa shape index (κ2) is 9.03. The zero-order chi connectivity index (χ0) is 20.1. The largest absolute Gasteiger partial charge is 0.493 e. The number of nitrogens with one attached hydrogen (secondary N) is 1. The van der Waals surface area contributed by atoms with Gasteiger partial charge in [0.2, 0.25) is 0 Å². The lowest BCUT2D eigenvalue weighted by Gasteiger charge is -2.28. The summed E-state index contributed by atoms with van der Waals surface area (Å²) >= 11 is 3.38. The van der Waals surface area contributed by atoms with E-state index in [4.69, 9.17) is 9.47 Å². The molecule has 0 radical (unpaired) electrons. The number of rotatable bonds is 6. The van der Waals surface area contributed by atoms with Crippen molar-refractivity contribution in [2.45, 2.75) is 6.92 Å². The number of carbonyl (C=O) groups excluding carboxylic acids is 1. The summed E-state index contributed by atoms with van der Waals surface area (Å²) in [6.07, 6.45) is 0. The highest BCUT2D eigenvalue weighted by Crippen LogP contribution is 2.32. The molecule has 0 unspecified atom stereocenters. The van der Waals surface area contributed by atoms with Crippen molar-refractivity contribution in [3.63, 3.8) is 0 Å². The smallest absolute Gasteiger partial charge is 0.294 e. The molecular formula is C19H20BrN3O5. The van der Waals surface area contributed by atoms with Gasteiger partial charge in [-0.2, -0.15) is 0 Å². The first-order valence-electron chi connectivity index (χ1n) is 8.84. The molecule has 0 saturated carbocycles. The molecule has 28 heavy (non-hydrogen) atoms. The molecule has 0 atom stereocenters. The fraction of sp³-hybridized carbons (Fsp3) is 0.316. The van der Waals surface area contributed by atoms with Crippen LogP contribution in [-0.2, 0) is 4.74 Å². The molecular weight excluding hydrogens is 430 g/mol. The Bertz CT molecular complexity index is 884. The van der Waals surface area contributed by atoms with Crippen molar-refractivity contribution < 1.29 is 19.2 Å². The van der Waals surface area contributed by atoms with Crippen LogP contribution in [0.3, 0.4) is 0 Å². The maximum Gasteiger partial charge on any atom is 0.294 e. The van der Waals surface area contributed by atoms with E-state index >= 15 is 0 Å². The van der Waals surface area contributed by atoms with Crippen LogP contribution >= 0.6 is 15.9 Å². The number of hydrogen-bond donors (Lipinski definition) is 1. The molecule has 2 aromatic carbocycles. The molecule has 0 aliphatic carbocycles. The lowest BCUT2D eigenvalue weighted by atomic mass is 10.1. The lowest BCUT2D eigenvalue weighted by molar-refractivity contribution is -0.384. The van der Waals surface area contributed by atoms with Crippen molar-refractivity contribution >= 4 is 38.9 Å². The second-order valence-electron chi connectivity index (χ2n) is 6.09. The van der Waals surface area contributed by atoms with Crippen LogP contribution in [0.4, 0.5) is 17.1 Å². The average molecular weight is 450 g/mol. The normalized spacial score (nSPS) is 13.9. The lowest BCUT2D eigenvalue weighted by Crippen LogP contribution is -2.36. The van der Waals surface area contributed by atoms with Crippen LogP contribution in [0.2, 0.25) is 0 Å². The molecule has 9 heteroatoms. The van der Waals surface area contributed by atoms with Crippen molar-refractivity contribution in [1.29, 1.82) is 0 Å². The van der Waals surface area contributed by atoms with Crippen molar-refractivity contribution in [2.24, 2.45) is 0 Å². The molecule has 8 nitrogen and oxygen atoms in total. The van der Waals surface area contributed by atoms with Crippen molar-refractivity contribution in [3.05, 3.63) is 56.5 Å². The minimum Gasteiger partial charge on any atom is -0.493 e. The van der Waals surface area contributed by atoms with E-state index in [1.165, 1.54) is 6.07 Å². The third kappa shape index (κ3) is 4.60. The van der Waals surface area contributed by atoms with Gasteiger partial charge in [0.15, 0.2) is 0 Å². The van der Waals surface area contributed by atoms with Crippen LogP contribution in [0.25, 0.3) is 0 Å². The summed E-state index contributed by atoms with van der Waals surface area (Å²) < 4.78 is 11.4. The molecule has 0 spiro atoms. The quantitative estimate of drug-likeness (QED) is 0.531. The fourth-order valence-electron chi connectivity index (χ4n) is 2.94. The van der Waals surface area contributed by atoms with E-state index in [9.17, 15) is 14.9 Å². The SMILES string of the molecule is CCOc1ccc(C(=O)Nc2ccc(N3CCOCC3)c([N+](=O)[O-])c2)cc1Br. The number of nitrogens with zero attached hydrogens (tertiary/aromatic N) is 2. The maximum atomic E-state index is 12.5. The van der Waals surface area contributed by atoms with Gasteiger partial charge < -0.3 is 19.7 Å². The molecule has 1 N–H and O–H groups in total. The van der Waals surface area contributed by atoms with Gasteiger partial charge in [-0.05, 0) is 53.2 Å². The Morgan fingerprint density at radius 1 is 1.29 bits per heavy atom. The van der Waals surface area contributed by atoms with Crippen LogP contribution < -0.4 is 15.0 Å². The topological polar surface area (TPSA) is 93.9 Å². The molecule has 1 aliphatic rings. The Kier molecular flexibility index (Phi) is 6.48. The Morgan fingerprint density at radius 2 is 2.04 bits per heavy atom. The molecule has 148 valence electrons. The summed E-state index contributed by atoms with van der Waals surface area (Å²) in [6.45, 7) is 4.63. The second-order valence-corrected chi connectivity index (χ2v) is 6.95. The summed E-state index contributed by atoms with van der Waals surface area (Å²) in [5, 5.41) is 14.2. The van der Waals surface area contributed by atoms with Gasteiger partial charge in [-0.3, -0.25) is 14.9 Å². The monoisotopic (exact) mass is 449 g/mol. The predicted molar refractivity (Wildman–Crippen MR) is 109 cm³/mol. The highest BCUT2D eigenvalue weighted by atomic mass is 79.9. The Labute approximate surface area is 170 Å². The van der Waals surface area contributed by atoms with E-state index in [-0.39, 0.29) is 11.6 Å². The van der Waals surface area contributed by atoms with Gasteiger partial charge in [0.05, 0.1) is 29.2 Å². The fourth-order valence-corrected chi connectivity index (χ4v) is 3.43. The predicted octanol–water partition coefficient (Wildman–Crippen LogP) is 3.84. The van der Waals surface area contributed by atoms with Gasteiger partial charge in [0.1, 0.15) is 11.4 Å². The minimum atomic E-state index is -0.437. The van der Waals surface area contributed by atoms with E-state index in [1.807, 2.05) is 11.8 Å². The molecule has 0 aromatic heterocycles. The zero-order valence-electron chi connectivity index (χ0n) is 15.3. The number of nitro groups is 1. The molecule has 1 saturated heterocycles. The first-order valence-corrected chi connectivity index (χ1v) is 9.63. The Balaban J connectivity index is 1.80. The number of halogens is 1. The minimum absolute atomic E-state index is 0.0485. The van der Waals surface area contributed by atoms with Crippen molar-refractivity contribution in [3.8, 4) is 5.75 Å². The number of hydrogen-bond acceptors (Lipinski definition) is 6. The van der Waals surface area contributed by atoms with Gasteiger partial charge in [-0.1, -0.05) is 0 Å². The zero-order valence-corrected chi connectivity index (χ0v) is 16.9. The third-order valence-corrected chi connectivity index (χ3v) is 4.90.